The van der Waals surface area contributed by atoms with Gasteiger partial charge in [0, 0.05) is 31.9 Å². The van der Waals surface area contributed by atoms with Crippen molar-refractivity contribution in [3.63, 3.8) is 0 Å². The van der Waals surface area contributed by atoms with Crippen molar-refractivity contribution in [1.82, 2.24) is 9.80 Å². The van der Waals surface area contributed by atoms with E-state index in [4.69, 9.17) is 4.74 Å². The average Bonchev–Trinajstić information content (AvgIpc) is 2.81. The lowest BCUT2D eigenvalue weighted by Crippen LogP contribution is -2.39. The number of nitrogens with zero attached hydrogens (tertiary/aromatic N) is 2. The van der Waals surface area contributed by atoms with Gasteiger partial charge in [-0.2, -0.15) is 0 Å². The molecule has 7 heteroatoms. The van der Waals surface area contributed by atoms with Gasteiger partial charge < -0.3 is 19.9 Å². The molecule has 1 aliphatic rings. The molecule has 1 aromatic carbocycles. The molecular formula is C17H24FN3O3. The maximum absolute atomic E-state index is 12.9. The van der Waals surface area contributed by atoms with Gasteiger partial charge in [0.1, 0.15) is 5.82 Å². The summed E-state index contributed by atoms with van der Waals surface area (Å²) < 4.78 is 18.1. The Morgan fingerprint density at radius 1 is 1.12 bits per heavy atom. The molecule has 1 aromatic rings. The molecule has 24 heavy (non-hydrogen) atoms. The third-order valence-electron chi connectivity index (χ3n) is 3.68. The first-order valence-corrected chi connectivity index (χ1v) is 8.19. The Labute approximate surface area is 141 Å². The van der Waals surface area contributed by atoms with E-state index in [9.17, 15) is 14.0 Å². The minimum absolute atomic E-state index is 0.251. The number of rotatable bonds is 3. The molecule has 0 unspecified atom stereocenters. The number of carbonyl (C=O) groups excluding carboxylic acids is 2. The third-order valence-corrected chi connectivity index (χ3v) is 3.68. The summed E-state index contributed by atoms with van der Waals surface area (Å²) in [5, 5.41) is 2.74. The van der Waals surface area contributed by atoms with E-state index in [2.05, 4.69) is 5.32 Å². The Hall–Kier alpha value is -2.31. The van der Waals surface area contributed by atoms with Crippen LogP contribution >= 0.6 is 0 Å². The van der Waals surface area contributed by atoms with E-state index in [0.29, 0.717) is 50.8 Å². The highest BCUT2D eigenvalue weighted by atomic mass is 19.1. The molecule has 132 valence electrons. The molecule has 0 spiro atoms. The molecular weight excluding hydrogens is 313 g/mol. The van der Waals surface area contributed by atoms with Gasteiger partial charge in [0.2, 0.25) is 0 Å². The van der Waals surface area contributed by atoms with E-state index in [1.165, 1.54) is 24.3 Å². The molecule has 0 aliphatic carbocycles. The van der Waals surface area contributed by atoms with Gasteiger partial charge >= 0.3 is 12.1 Å². The van der Waals surface area contributed by atoms with E-state index in [1.807, 2.05) is 13.8 Å². The lowest BCUT2D eigenvalue weighted by atomic mass is 10.2. The highest BCUT2D eigenvalue weighted by Crippen LogP contribution is 2.11. The first-order chi connectivity index (χ1) is 11.5. The summed E-state index contributed by atoms with van der Waals surface area (Å²) >= 11 is 0. The highest BCUT2D eigenvalue weighted by Gasteiger charge is 2.23. The van der Waals surface area contributed by atoms with Crippen LogP contribution in [0.1, 0.15) is 20.3 Å². The van der Waals surface area contributed by atoms with Gasteiger partial charge in [0.15, 0.2) is 0 Å². The number of carbonyl (C=O) groups is 2. The smallest absolute Gasteiger partial charge is 0.409 e. The van der Waals surface area contributed by atoms with E-state index in [0.717, 1.165) is 0 Å². The number of ether oxygens (including phenoxy) is 1. The lowest BCUT2D eigenvalue weighted by molar-refractivity contribution is 0.0934. The summed E-state index contributed by atoms with van der Waals surface area (Å²) in [7, 11) is 0. The van der Waals surface area contributed by atoms with E-state index in [-0.39, 0.29) is 17.9 Å². The summed E-state index contributed by atoms with van der Waals surface area (Å²) in [5.74, 6) is -0.0581. The summed E-state index contributed by atoms with van der Waals surface area (Å²) in [6.07, 6.45) is 0.359. The standard InChI is InChI=1S/C17H24FN3O3/c1-13(2)12-24-17(23)21-9-3-8-20(10-11-21)16(22)19-15-6-4-14(18)5-7-15/h4-7,13H,3,8-12H2,1-2H3,(H,19,22). The van der Waals surface area contributed by atoms with E-state index in [1.54, 1.807) is 9.80 Å². The largest absolute Gasteiger partial charge is 0.449 e. The Morgan fingerprint density at radius 2 is 1.75 bits per heavy atom. The number of amides is 3. The Bertz CT molecular complexity index is 563. The highest BCUT2D eigenvalue weighted by molar-refractivity contribution is 5.89. The number of benzene rings is 1. The number of anilines is 1. The maximum atomic E-state index is 12.9. The molecule has 1 heterocycles. The molecule has 0 bridgehead atoms. The van der Waals surface area contributed by atoms with Crippen LogP contribution in [0.3, 0.4) is 0 Å². The zero-order chi connectivity index (χ0) is 17.5. The van der Waals surface area contributed by atoms with Gasteiger partial charge in [-0.15, -0.1) is 0 Å². The van der Waals surface area contributed by atoms with Gasteiger partial charge in [-0.1, -0.05) is 13.8 Å². The maximum Gasteiger partial charge on any atom is 0.409 e. The van der Waals surface area contributed by atoms with Crippen molar-refractivity contribution >= 4 is 17.8 Å². The van der Waals surface area contributed by atoms with Crippen LogP contribution in [0.2, 0.25) is 0 Å². The van der Waals surface area contributed by atoms with Crippen LogP contribution in [0.5, 0.6) is 0 Å². The summed E-state index contributed by atoms with van der Waals surface area (Å²) in [5.41, 5.74) is 0.541. The second-order valence-corrected chi connectivity index (χ2v) is 6.24. The van der Waals surface area contributed by atoms with Crippen molar-refractivity contribution in [2.24, 2.45) is 5.92 Å². The Balaban J connectivity index is 1.84. The first-order valence-electron chi connectivity index (χ1n) is 8.19. The van der Waals surface area contributed by atoms with Gasteiger partial charge in [0.05, 0.1) is 6.61 Å². The minimum Gasteiger partial charge on any atom is -0.449 e. The molecule has 1 aliphatic heterocycles. The van der Waals surface area contributed by atoms with Crippen molar-refractivity contribution in [1.29, 1.82) is 0 Å². The van der Waals surface area contributed by atoms with Gasteiger partial charge in [-0.3, -0.25) is 0 Å². The fourth-order valence-corrected chi connectivity index (χ4v) is 2.37. The predicted octanol–water partition coefficient (Wildman–Crippen LogP) is 3.16. The van der Waals surface area contributed by atoms with Gasteiger partial charge in [-0.05, 0) is 36.6 Å². The molecule has 1 saturated heterocycles. The summed E-state index contributed by atoms with van der Waals surface area (Å²) in [4.78, 5) is 27.6. The van der Waals surface area contributed by atoms with E-state index < -0.39 is 0 Å². The van der Waals surface area contributed by atoms with Crippen LogP contribution in [0, 0.1) is 11.7 Å². The fourth-order valence-electron chi connectivity index (χ4n) is 2.37. The van der Waals surface area contributed by atoms with Crippen molar-refractivity contribution in [2.45, 2.75) is 20.3 Å². The monoisotopic (exact) mass is 337 g/mol. The van der Waals surface area contributed by atoms with Crippen molar-refractivity contribution < 1.29 is 18.7 Å². The molecule has 0 saturated carbocycles. The Kier molecular flexibility index (Phi) is 6.40. The lowest BCUT2D eigenvalue weighted by Gasteiger charge is -2.22. The minimum atomic E-state index is -0.349. The summed E-state index contributed by atoms with van der Waals surface area (Å²) in [6.45, 7) is 6.36. The number of nitrogens with one attached hydrogen (secondary N) is 1. The first kappa shape index (κ1) is 18.0. The molecule has 0 radical (unpaired) electrons. The van der Waals surface area contributed by atoms with E-state index >= 15 is 0 Å². The second-order valence-electron chi connectivity index (χ2n) is 6.24. The van der Waals surface area contributed by atoms with Crippen LogP contribution in [-0.4, -0.2) is 54.7 Å². The molecule has 0 aromatic heterocycles. The van der Waals surface area contributed by atoms with Crippen LogP contribution < -0.4 is 5.32 Å². The SMILES string of the molecule is CC(C)COC(=O)N1CCCN(C(=O)Nc2ccc(F)cc2)CC1. The van der Waals surface area contributed by atoms with Crippen molar-refractivity contribution in [2.75, 3.05) is 38.1 Å². The quantitative estimate of drug-likeness (QED) is 0.921. The van der Waals surface area contributed by atoms with Crippen molar-refractivity contribution in [3.8, 4) is 0 Å². The molecule has 0 atom stereocenters. The fraction of sp³-hybridized carbons (Fsp3) is 0.529. The number of hydrogen-bond donors (Lipinski definition) is 1. The molecule has 1 N–H and O–H groups in total. The average molecular weight is 337 g/mol. The van der Waals surface area contributed by atoms with Crippen LogP contribution in [0.15, 0.2) is 24.3 Å². The van der Waals surface area contributed by atoms with Crippen LogP contribution in [-0.2, 0) is 4.74 Å². The molecule has 6 nitrogen and oxygen atoms in total. The number of halogens is 1. The third kappa shape index (κ3) is 5.40. The molecule has 1 fully saturated rings. The van der Waals surface area contributed by atoms with Crippen LogP contribution in [0.25, 0.3) is 0 Å². The zero-order valence-electron chi connectivity index (χ0n) is 14.1. The molecule has 3 amide bonds. The topological polar surface area (TPSA) is 61.9 Å². The predicted molar refractivity (Wildman–Crippen MR) is 89.4 cm³/mol. The zero-order valence-corrected chi connectivity index (χ0v) is 14.1. The Morgan fingerprint density at radius 3 is 2.42 bits per heavy atom. The van der Waals surface area contributed by atoms with Gasteiger partial charge in [-0.25, -0.2) is 14.0 Å². The van der Waals surface area contributed by atoms with Crippen molar-refractivity contribution in [3.05, 3.63) is 30.1 Å². The number of urea groups is 1. The summed E-state index contributed by atoms with van der Waals surface area (Å²) in [6, 6.07) is 5.37. The second kappa shape index (κ2) is 8.52. The van der Waals surface area contributed by atoms with Gasteiger partial charge in [0.25, 0.3) is 0 Å². The normalized spacial score (nSPS) is 15.2. The number of hydrogen-bond acceptors (Lipinski definition) is 3. The van der Waals surface area contributed by atoms with Crippen LogP contribution in [0.4, 0.5) is 19.7 Å². The molecule has 2 rings (SSSR count).